The molecule has 0 aliphatic carbocycles. The summed E-state index contributed by atoms with van der Waals surface area (Å²) in [4.78, 5) is 2.43. The maximum atomic E-state index is 5.98. The molecule has 3 rings (SSSR count). The molecular formula is C18H22BrN3O. The van der Waals surface area contributed by atoms with E-state index in [1.807, 2.05) is 24.3 Å². The second kappa shape index (κ2) is 6.91. The van der Waals surface area contributed by atoms with E-state index in [0.717, 1.165) is 38.3 Å². The number of nitrogens with two attached hydrogens (primary N) is 2. The number of rotatable bonds is 4. The minimum absolute atomic E-state index is 0.277. The Labute approximate surface area is 145 Å². The molecule has 4 nitrogen and oxygen atoms in total. The van der Waals surface area contributed by atoms with Crippen LogP contribution in [0.2, 0.25) is 0 Å². The van der Waals surface area contributed by atoms with Gasteiger partial charge in [0.2, 0.25) is 0 Å². The van der Waals surface area contributed by atoms with E-state index in [-0.39, 0.29) is 4.45 Å². The third-order valence-electron chi connectivity index (χ3n) is 4.32. The Morgan fingerprint density at radius 3 is 2.35 bits per heavy atom. The van der Waals surface area contributed by atoms with Gasteiger partial charge in [0.05, 0.1) is 24.6 Å². The normalized spacial score (nSPS) is 18.5. The number of hydrogen-bond donors (Lipinski definition) is 2. The summed E-state index contributed by atoms with van der Waals surface area (Å²) in [5.41, 5.74) is 15.5. The van der Waals surface area contributed by atoms with Crippen molar-refractivity contribution in [2.45, 2.75) is 10.9 Å². The zero-order valence-corrected chi connectivity index (χ0v) is 14.6. The highest BCUT2D eigenvalue weighted by Gasteiger charge is 2.37. The van der Waals surface area contributed by atoms with Crippen molar-refractivity contribution >= 4 is 27.3 Å². The van der Waals surface area contributed by atoms with E-state index in [1.54, 1.807) is 0 Å². The van der Waals surface area contributed by atoms with Crippen LogP contribution in [0.5, 0.6) is 0 Å². The molecule has 0 amide bonds. The standard InChI is InChI=1S/C18H22BrN3O/c19-18(15-4-2-1-3-5-15,22-8-10-23-11-9-22)13-14-6-7-16(20)17(21)12-14/h1-7,12H,8-11,13,20-21H2. The quantitative estimate of drug-likeness (QED) is 0.489. The Kier molecular flexibility index (Phi) is 4.90. The zero-order valence-electron chi connectivity index (χ0n) is 13.0. The molecule has 0 bridgehead atoms. The first-order chi connectivity index (χ1) is 11.1. The van der Waals surface area contributed by atoms with Gasteiger partial charge in [-0.25, -0.2) is 0 Å². The van der Waals surface area contributed by atoms with Crippen molar-refractivity contribution in [2.24, 2.45) is 0 Å². The number of morpholine rings is 1. The Morgan fingerprint density at radius 1 is 1.00 bits per heavy atom. The third-order valence-corrected chi connectivity index (χ3v) is 5.56. The molecule has 2 aromatic carbocycles. The van der Waals surface area contributed by atoms with Crippen molar-refractivity contribution < 1.29 is 4.74 Å². The molecule has 5 heteroatoms. The Bertz CT molecular complexity index is 659. The van der Waals surface area contributed by atoms with Crippen molar-refractivity contribution in [3.8, 4) is 0 Å². The van der Waals surface area contributed by atoms with E-state index < -0.39 is 0 Å². The van der Waals surface area contributed by atoms with Gasteiger partial charge in [0, 0.05) is 19.5 Å². The van der Waals surface area contributed by atoms with Crippen molar-refractivity contribution in [3.63, 3.8) is 0 Å². The smallest absolute Gasteiger partial charge is 0.106 e. The molecule has 1 unspecified atom stereocenters. The van der Waals surface area contributed by atoms with Crippen LogP contribution in [0.25, 0.3) is 0 Å². The number of hydrogen-bond acceptors (Lipinski definition) is 4. The van der Waals surface area contributed by atoms with Crippen LogP contribution in [-0.4, -0.2) is 31.2 Å². The number of ether oxygens (including phenoxy) is 1. The van der Waals surface area contributed by atoms with Crippen LogP contribution in [0.4, 0.5) is 11.4 Å². The molecule has 0 aromatic heterocycles. The Hall–Kier alpha value is -1.56. The van der Waals surface area contributed by atoms with Gasteiger partial charge in [-0.1, -0.05) is 52.3 Å². The summed E-state index contributed by atoms with van der Waals surface area (Å²) in [6, 6.07) is 16.4. The number of halogens is 1. The average Bonchev–Trinajstić information content (AvgIpc) is 2.60. The fraction of sp³-hybridized carbons (Fsp3) is 0.333. The maximum absolute atomic E-state index is 5.98. The summed E-state index contributed by atoms with van der Waals surface area (Å²) < 4.78 is 5.24. The monoisotopic (exact) mass is 375 g/mol. The van der Waals surface area contributed by atoms with E-state index in [0.29, 0.717) is 11.4 Å². The number of alkyl halides is 1. The van der Waals surface area contributed by atoms with Crippen LogP contribution in [-0.2, 0) is 15.6 Å². The molecule has 23 heavy (non-hydrogen) atoms. The first-order valence-corrected chi connectivity index (χ1v) is 8.60. The van der Waals surface area contributed by atoms with Crippen LogP contribution < -0.4 is 11.5 Å². The minimum Gasteiger partial charge on any atom is -0.397 e. The predicted octanol–water partition coefficient (Wildman–Crippen LogP) is 2.97. The molecule has 1 heterocycles. The molecule has 0 radical (unpaired) electrons. The molecular weight excluding hydrogens is 354 g/mol. The molecule has 1 fully saturated rings. The topological polar surface area (TPSA) is 64.5 Å². The lowest BCUT2D eigenvalue weighted by Crippen LogP contribution is -2.49. The van der Waals surface area contributed by atoms with Crippen LogP contribution in [0.15, 0.2) is 48.5 Å². The minimum atomic E-state index is -0.277. The first-order valence-electron chi connectivity index (χ1n) is 7.81. The Morgan fingerprint density at radius 2 is 1.70 bits per heavy atom. The molecule has 2 aromatic rings. The third kappa shape index (κ3) is 3.52. The van der Waals surface area contributed by atoms with Gasteiger partial charge >= 0.3 is 0 Å². The fourth-order valence-corrected chi connectivity index (χ4v) is 3.96. The highest BCUT2D eigenvalue weighted by molar-refractivity contribution is 9.09. The predicted molar refractivity (Wildman–Crippen MR) is 98.4 cm³/mol. The second-order valence-electron chi connectivity index (χ2n) is 5.86. The maximum Gasteiger partial charge on any atom is 0.106 e. The second-order valence-corrected chi connectivity index (χ2v) is 7.18. The first kappa shape index (κ1) is 16.3. The summed E-state index contributed by atoms with van der Waals surface area (Å²) in [6.45, 7) is 3.29. The number of benzene rings is 2. The number of nitrogens with zero attached hydrogens (tertiary/aromatic N) is 1. The van der Waals surface area contributed by atoms with Gasteiger partial charge in [-0.3, -0.25) is 4.90 Å². The summed E-state index contributed by atoms with van der Waals surface area (Å²) in [5.74, 6) is 0. The van der Waals surface area contributed by atoms with Crippen molar-refractivity contribution in [1.29, 1.82) is 0 Å². The summed E-state index contributed by atoms with van der Waals surface area (Å²) in [5, 5.41) is 0. The van der Waals surface area contributed by atoms with E-state index >= 15 is 0 Å². The largest absolute Gasteiger partial charge is 0.397 e. The molecule has 0 spiro atoms. The van der Waals surface area contributed by atoms with Gasteiger partial charge < -0.3 is 16.2 Å². The highest BCUT2D eigenvalue weighted by atomic mass is 79.9. The molecule has 1 saturated heterocycles. The van der Waals surface area contributed by atoms with E-state index in [9.17, 15) is 0 Å². The van der Waals surface area contributed by atoms with Crippen LogP contribution >= 0.6 is 15.9 Å². The van der Waals surface area contributed by atoms with Crippen molar-refractivity contribution in [1.82, 2.24) is 4.90 Å². The van der Waals surface area contributed by atoms with Gasteiger partial charge in [0.1, 0.15) is 4.45 Å². The number of anilines is 2. The average molecular weight is 376 g/mol. The van der Waals surface area contributed by atoms with Gasteiger partial charge in [-0.2, -0.15) is 0 Å². The summed E-state index contributed by atoms with van der Waals surface area (Å²) >= 11 is 4.03. The van der Waals surface area contributed by atoms with E-state index in [4.69, 9.17) is 16.2 Å². The highest BCUT2D eigenvalue weighted by Crippen LogP contribution is 2.39. The lowest BCUT2D eigenvalue weighted by molar-refractivity contribution is 0.00808. The zero-order chi connectivity index (χ0) is 16.3. The molecule has 1 atom stereocenters. The molecule has 1 aliphatic rings. The van der Waals surface area contributed by atoms with Crippen LogP contribution in [0.3, 0.4) is 0 Å². The van der Waals surface area contributed by atoms with Crippen molar-refractivity contribution in [3.05, 3.63) is 59.7 Å². The van der Waals surface area contributed by atoms with Gasteiger partial charge in [-0.15, -0.1) is 0 Å². The van der Waals surface area contributed by atoms with E-state index in [1.165, 1.54) is 5.56 Å². The summed E-state index contributed by atoms with van der Waals surface area (Å²) in [6.07, 6.45) is 0.807. The molecule has 122 valence electrons. The van der Waals surface area contributed by atoms with Gasteiger partial charge in [0.25, 0.3) is 0 Å². The van der Waals surface area contributed by atoms with Crippen LogP contribution in [0, 0.1) is 0 Å². The van der Waals surface area contributed by atoms with E-state index in [2.05, 4.69) is 45.1 Å². The fourth-order valence-electron chi connectivity index (χ4n) is 3.01. The Balaban J connectivity index is 1.95. The number of nitrogen functional groups attached to an aromatic ring is 2. The molecule has 0 saturated carbocycles. The lowest BCUT2D eigenvalue weighted by Gasteiger charge is -2.42. The van der Waals surface area contributed by atoms with Crippen molar-refractivity contribution in [2.75, 3.05) is 37.8 Å². The molecule has 1 aliphatic heterocycles. The SMILES string of the molecule is Nc1ccc(CC(Br)(c2ccccc2)N2CCOCC2)cc1N. The van der Waals surface area contributed by atoms with Gasteiger partial charge in [0.15, 0.2) is 0 Å². The van der Waals surface area contributed by atoms with Gasteiger partial charge in [-0.05, 0) is 23.3 Å². The molecule has 4 N–H and O–H groups in total. The summed E-state index contributed by atoms with van der Waals surface area (Å²) in [7, 11) is 0. The lowest BCUT2D eigenvalue weighted by atomic mass is 9.96. The van der Waals surface area contributed by atoms with Crippen LogP contribution in [0.1, 0.15) is 11.1 Å².